The third kappa shape index (κ3) is 5.86. The fourth-order valence-electron chi connectivity index (χ4n) is 12.6. The van der Waals surface area contributed by atoms with Crippen LogP contribution in [0.5, 0.6) is 0 Å². The highest BCUT2D eigenvalue weighted by Gasteiger charge is 2.57. The molecule has 13 rings (SSSR count). The molecular weight excluding hydrogens is 795 g/mol. The molecule has 0 amide bonds. The molecule has 0 heterocycles. The van der Waals surface area contributed by atoms with E-state index in [0.717, 1.165) is 18.5 Å². The van der Waals surface area contributed by atoms with Crippen LogP contribution >= 0.6 is 0 Å². The van der Waals surface area contributed by atoms with Gasteiger partial charge in [-0.15, -0.1) is 0 Å². The number of allylic oxidation sites excluding steroid dienone is 9. The molecule has 0 bridgehead atoms. The molecule has 0 saturated carbocycles. The topological polar surface area (TPSA) is 3.24 Å². The van der Waals surface area contributed by atoms with Crippen molar-refractivity contribution >= 4 is 34.3 Å². The maximum atomic E-state index is 2.55. The number of nitrogens with zero attached hydrogens (tertiary/aromatic N) is 1. The summed E-state index contributed by atoms with van der Waals surface area (Å²) in [6.45, 7) is 2.31. The monoisotopic (exact) mass is 843 g/mol. The van der Waals surface area contributed by atoms with Gasteiger partial charge in [0.2, 0.25) is 0 Å². The molecule has 0 saturated heterocycles. The van der Waals surface area contributed by atoms with Gasteiger partial charge in [0.15, 0.2) is 0 Å². The lowest BCUT2D eigenvalue weighted by Crippen LogP contribution is -2.33. The highest BCUT2D eigenvalue weighted by Crippen LogP contribution is 2.67. The Morgan fingerprint density at radius 3 is 2.08 bits per heavy atom. The second-order valence-corrected chi connectivity index (χ2v) is 18.7. The molecule has 0 aliphatic heterocycles. The molecule has 0 fully saturated rings. The summed E-state index contributed by atoms with van der Waals surface area (Å²) in [5.74, 6) is 0.913. The normalized spacial score (nSPS) is 20.3. The minimum Gasteiger partial charge on any atom is -0.310 e. The molecule has 1 heteroatoms. The summed E-state index contributed by atoms with van der Waals surface area (Å²) < 4.78 is 0. The molecule has 66 heavy (non-hydrogen) atoms. The van der Waals surface area contributed by atoms with Crippen molar-refractivity contribution in [1.29, 1.82) is 0 Å². The Kier molecular flexibility index (Phi) is 9.07. The Balaban J connectivity index is 0.994. The number of rotatable bonds is 7. The van der Waals surface area contributed by atoms with Crippen LogP contribution in [0.1, 0.15) is 62.4 Å². The molecule has 0 N–H and O–H groups in total. The Morgan fingerprint density at radius 2 is 1.24 bits per heavy atom. The van der Waals surface area contributed by atoms with E-state index in [1.165, 1.54) is 100 Å². The molecule has 314 valence electrons. The van der Waals surface area contributed by atoms with Crippen LogP contribution in [0.25, 0.3) is 39.5 Å². The summed E-state index contributed by atoms with van der Waals surface area (Å²) in [7, 11) is 0. The molecule has 8 aromatic rings. The Morgan fingerprint density at radius 1 is 0.561 bits per heavy atom. The Hall–Kier alpha value is -7.74. The number of benzene rings is 8. The molecular formula is C65H49N. The summed E-state index contributed by atoms with van der Waals surface area (Å²) in [5.41, 5.74) is 24.7. The minimum absolute atomic E-state index is 0.270. The van der Waals surface area contributed by atoms with Gasteiger partial charge < -0.3 is 4.90 Å². The number of fused-ring (bicyclic) bond motifs is 13. The van der Waals surface area contributed by atoms with Gasteiger partial charge in [0.1, 0.15) is 0 Å². The van der Waals surface area contributed by atoms with Crippen LogP contribution in [-0.2, 0) is 11.8 Å². The van der Waals surface area contributed by atoms with Crippen molar-refractivity contribution in [1.82, 2.24) is 0 Å². The first kappa shape index (κ1) is 38.7. The molecule has 5 aliphatic carbocycles. The van der Waals surface area contributed by atoms with Gasteiger partial charge in [-0.1, -0.05) is 212 Å². The average Bonchev–Trinajstić information content (AvgIpc) is 3.85. The van der Waals surface area contributed by atoms with E-state index < -0.39 is 0 Å². The summed E-state index contributed by atoms with van der Waals surface area (Å²) in [5, 5.41) is 0. The van der Waals surface area contributed by atoms with Crippen molar-refractivity contribution in [2.45, 2.75) is 31.1 Å². The van der Waals surface area contributed by atoms with Gasteiger partial charge in [0.25, 0.3) is 0 Å². The second kappa shape index (κ2) is 15.5. The molecule has 4 unspecified atom stereocenters. The number of hydrogen-bond acceptors (Lipinski definition) is 1. The van der Waals surface area contributed by atoms with Crippen molar-refractivity contribution < 1.29 is 0 Å². The van der Waals surface area contributed by atoms with E-state index >= 15 is 0 Å². The minimum atomic E-state index is -0.311. The maximum absolute atomic E-state index is 2.55. The largest absolute Gasteiger partial charge is 0.310 e. The van der Waals surface area contributed by atoms with Gasteiger partial charge in [0.05, 0.1) is 11.1 Å². The van der Waals surface area contributed by atoms with Crippen LogP contribution in [0.3, 0.4) is 0 Å². The third-order valence-corrected chi connectivity index (χ3v) is 15.3. The van der Waals surface area contributed by atoms with Crippen LogP contribution in [0.2, 0.25) is 0 Å². The van der Waals surface area contributed by atoms with Crippen molar-refractivity contribution in [3.05, 3.63) is 286 Å². The highest BCUT2D eigenvalue weighted by atomic mass is 15.1. The van der Waals surface area contributed by atoms with Crippen molar-refractivity contribution in [2.24, 2.45) is 11.8 Å². The van der Waals surface area contributed by atoms with Crippen LogP contribution in [-0.4, -0.2) is 0 Å². The van der Waals surface area contributed by atoms with E-state index in [2.05, 4.69) is 248 Å². The van der Waals surface area contributed by atoms with E-state index in [9.17, 15) is 0 Å². The van der Waals surface area contributed by atoms with Crippen molar-refractivity contribution in [3.8, 4) is 22.3 Å². The quantitative estimate of drug-likeness (QED) is 0.154. The van der Waals surface area contributed by atoms with E-state index in [-0.39, 0.29) is 11.3 Å². The number of aryl methyl sites for hydroxylation is 1. The first-order valence-electron chi connectivity index (χ1n) is 23.7. The molecule has 0 aromatic heterocycles. The lowest BCUT2D eigenvalue weighted by Gasteiger charge is -2.36. The predicted octanol–water partition coefficient (Wildman–Crippen LogP) is 16.4. The Bertz CT molecular complexity index is 3380. The van der Waals surface area contributed by atoms with Crippen molar-refractivity contribution in [3.63, 3.8) is 0 Å². The van der Waals surface area contributed by atoms with E-state index in [1.807, 2.05) is 0 Å². The third-order valence-electron chi connectivity index (χ3n) is 15.3. The summed E-state index contributed by atoms with van der Waals surface area (Å²) >= 11 is 0. The molecule has 1 nitrogen and oxygen atoms in total. The molecule has 5 aliphatic rings. The predicted molar refractivity (Wildman–Crippen MR) is 276 cm³/mol. The lowest BCUT2D eigenvalue weighted by atomic mass is 9.65. The zero-order chi connectivity index (χ0) is 43.8. The highest BCUT2D eigenvalue weighted by molar-refractivity contribution is 6.03. The zero-order valence-electron chi connectivity index (χ0n) is 37.1. The lowest BCUT2D eigenvalue weighted by molar-refractivity contribution is 0.465. The maximum Gasteiger partial charge on any atom is 0.0543 e. The number of hydrogen-bond donors (Lipinski definition) is 0. The van der Waals surface area contributed by atoms with E-state index in [1.54, 1.807) is 0 Å². The molecule has 1 spiro atoms. The van der Waals surface area contributed by atoms with Crippen LogP contribution in [0.4, 0.5) is 17.1 Å². The first-order chi connectivity index (χ1) is 32.7. The van der Waals surface area contributed by atoms with Crippen LogP contribution < -0.4 is 4.90 Å². The smallest absolute Gasteiger partial charge is 0.0543 e. The van der Waals surface area contributed by atoms with E-state index in [0.29, 0.717) is 11.8 Å². The fourth-order valence-corrected chi connectivity index (χ4v) is 12.6. The number of anilines is 3. The average molecular weight is 844 g/mol. The van der Waals surface area contributed by atoms with Crippen molar-refractivity contribution in [2.75, 3.05) is 4.90 Å². The SMILES string of the molecule is Cc1cc(C2=C3c4ccccc4C=C(Cc4ccccc4)C3CC=C2)ccc1N(c1ccc(-c2ccccc2)cc1)c1cccc2c1-c1ccccc1C21c2ccccc2C2C=CC=CC21. The van der Waals surface area contributed by atoms with Gasteiger partial charge in [-0.25, -0.2) is 0 Å². The summed E-state index contributed by atoms with van der Waals surface area (Å²) in [4.78, 5) is 2.55. The molecule has 0 radical (unpaired) electrons. The van der Waals surface area contributed by atoms with Gasteiger partial charge in [-0.3, -0.25) is 0 Å². The van der Waals surface area contributed by atoms with Gasteiger partial charge in [-0.05, 0) is 128 Å². The summed E-state index contributed by atoms with van der Waals surface area (Å²) in [6, 6.07) is 72.8. The second-order valence-electron chi connectivity index (χ2n) is 18.7. The van der Waals surface area contributed by atoms with Crippen LogP contribution in [0, 0.1) is 18.8 Å². The summed E-state index contributed by atoms with van der Waals surface area (Å²) in [6.07, 6.45) is 18.7. The zero-order valence-corrected chi connectivity index (χ0v) is 37.1. The molecule has 8 aromatic carbocycles. The first-order valence-corrected chi connectivity index (χ1v) is 23.7. The van der Waals surface area contributed by atoms with E-state index in [4.69, 9.17) is 0 Å². The fraction of sp³-hybridized carbons (Fsp3) is 0.108. The van der Waals surface area contributed by atoms with Gasteiger partial charge in [0, 0.05) is 34.7 Å². The van der Waals surface area contributed by atoms with Crippen LogP contribution in [0.15, 0.2) is 236 Å². The van der Waals surface area contributed by atoms with Gasteiger partial charge >= 0.3 is 0 Å². The molecule has 4 atom stereocenters. The Labute approximate surface area is 388 Å². The standard InChI is InChI=1S/C65H49N/c1-43-40-48(52-27-16-28-53-49(41-44-18-4-2-5-19-44)42-47-22-8-9-23-51(47)63(52)53)36-39-61(43)66(50-37-34-46(35-38-50)45-20-6-3-7-21-45)62-33-17-32-60-64(62)56-26-12-15-31-59(56)65(60)57-29-13-10-24-54(57)55-25-11-14-30-58(55)65/h2-27,29-40,42,53-54,57H,28,41H2,1H3. The van der Waals surface area contributed by atoms with Gasteiger partial charge in [-0.2, -0.15) is 0 Å².